The number of carbonyl (C=O) groups excluding carboxylic acids is 1. The number of amides is 2. The number of nitrogens with two attached hydrogens (primary N) is 1. The van der Waals surface area contributed by atoms with Gasteiger partial charge in [-0.15, -0.1) is 0 Å². The second-order valence-corrected chi connectivity index (χ2v) is 3.27. The number of alkyl halides is 3. The van der Waals surface area contributed by atoms with Crippen LogP contribution in [0.25, 0.3) is 0 Å². The van der Waals surface area contributed by atoms with E-state index in [1.165, 1.54) is 4.90 Å². The molecule has 0 aromatic carbocycles. The lowest BCUT2D eigenvalue weighted by molar-refractivity contribution is -0.123. The first-order valence-corrected chi connectivity index (χ1v) is 4.23. The normalized spacial score (nSPS) is 22.6. The smallest absolute Gasteiger partial charge is 0.329 e. The maximum Gasteiger partial charge on any atom is 0.405 e. The van der Waals surface area contributed by atoms with Crippen molar-refractivity contribution in [3.8, 4) is 0 Å². The van der Waals surface area contributed by atoms with Gasteiger partial charge in [-0.1, -0.05) is 0 Å². The quantitative estimate of drug-likeness (QED) is 0.655. The molecule has 82 valence electrons. The standard InChI is InChI=1S/C7H12F3N3O/c8-7(9,10)4-12-6(14)13-2-1-5(11)3-13/h5H,1-4,11H2,(H,12,14). The fraction of sp³-hybridized carbons (Fsp3) is 0.857. The van der Waals surface area contributed by atoms with Gasteiger partial charge in [0.15, 0.2) is 0 Å². The van der Waals surface area contributed by atoms with Crippen LogP contribution >= 0.6 is 0 Å². The minimum absolute atomic E-state index is 0.119. The molecular formula is C7H12F3N3O. The third kappa shape index (κ3) is 3.41. The van der Waals surface area contributed by atoms with Gasteiger partial charge in [0, 0.05) is 19.1 Å². The Bertz CT molecular complexity index is 219. The SMILES string of the molecule is NC1CCN(C(=O)NCC(F)(F)F)C1. The van der Waals surface area contributed by atoms with Crippen LogP contribution in [0.1, 0.15) is 6.42 Å². The molecule has 0 aromatic rings. The van der Waals surface area contributed by atoms with Crippen LogP contribution in [0.5, 0.6) is 0 Å². The van der Waals surface area contributed by atoms with Gasteiger partial charge in [-0.25, -0.2) is 4.79 Å². The van der Waals surface area contributed by atoms with Crippen molar-refractivity contribution in [2.24, 2.45) is 5.73 Å². The lowest BCUT2D eigenvalue weighted by Gasteiger charge is -2.17. The van der Waals surface area contributed by atoms with E-state index < -0.39 is 18.8 Å². The van der Waals surface area contributed by atoms with E-state index in [2.05, 4.69) is 0 Å². The van der Waals surface area contributed by atoms with Gasteiger partial charge in [-0.3, -0.25) is 0 Å². The van der Waals surface area contributed by atoms with E-state index in [0.29, 0.717) is 19.5 Å². The molecule has 14 heavy (non-hydrogen) atoms. The number of nitrogens with zero attached hydrogens (tertiary/aromatic N) is 1. The first kappa shape index (κ1) is 11.1. The van der Waals surface area contributed by atoms with Crippen molar-refractivity contribution in [3.05, 3.63) is 0 Å². The average molecular weight is 211 g/mol. The van der Waals surface area contributed by atoms with Crippen LogP contribution in [-0.2, 0) is 0 Å². The number of halogens is 3. The van der Waals surface area contributed by atoms with Crippen molar-refractivity contribution in [2.45, 2.75) is 18.6 Å². The number of hydrogen-bond donors (Lipinski definition) is 2. The van der Waals surface area contributed by atoms with Crippen molar-refractivity contribution in [3.63, 3.8) is 0 Å². The first-order valence-electron chi connectivity index (χ1n) is 4.23. The maximum absolute atomic E-state index is 11.7. The van der Waals surface area contributed by atoms with Crippen LogP contribution in [0.15, 0.2) is 0 Å². The molecule has 7 heteroatoms. The van der Waals surface area contributed by atoms with Gasteiger partial charge in [-0.2, -0.15) is 13.2 Å². The fourth-order valence-electron chi connectivity index (χ4n) is 1.26. The van der Waals surface area contributed by atoms with E-state index in [1.54, 1.807) is 5.32 Å². The summed E-state index contributed by atoms with van der Waals surface area (Å²) in [5.74, 6) is 0. The Morgan fingerprint density at radius 3 is 2.64 bits per heavy atom. The van der Waals surface area contributed by atoms with Crippen molar-refractivity contribution in [1.29, 1.82) is 0 Å². The van der Waals surface area contributed by atoms with Gasteiger partial charge < -0.3 is 16.0 Å². The monoisotopic (exact) mass is 211 g/mol. The minimum Gasteiger partial charge on any atom is -0.329 e. The third-order valence-corrected chi connectivity index (χ3v) is 1.95. The highest BCUT2D eigenvalue weighted by atomic mass is 19.4. The zero-order chi connectivity index (χ0) is 10.8. The lowest BCUT2D eigenvalue weighted by Crippen LogP contribution is -2.43. The summed E-state index contributed by atoms with van der Waals surface area (Å²) in [6.07, 6.45) is -3.73. The Hall–Kier alpha value is -0.980. The lowest BCUT2D eigenvalue weighted by atomic mass is 10.3. The van der Waals surface area contributed by atoms with E-state index >= 15 is 0 Å². The molecule has 2 amide bonds. The summed E-state index contributed by atoms with van der Waals surface area (Å²) < 4.78 is 35.2. The number of carbonyl (C=O) groups is 1. The molecule has 3 N–H and O–H groups in total. The molecule has 0 aliphatic carbocycles. The van der Waals surface area contributed by atoms with E-state index in [4.69, 9.17) is 5.73 Å². The summed E-state index contributed by atoms with van der Waals surface area (Å²) in [5, 5.41) is 1.79. The topological polar surface area (TPSA) is 58.4 Å². The highest BCUT2D eigenvalue weighted by molar-refractivity contribution is 5.74. The van der Waals surface area contributed by atoms with Crippen LogP contribution < -0.4 is 11.1 Å². The molecule has 0 radical (unpaired) electrons. The molecule has 1 aliphatic heterocycles. The van der Waals surface area contributed by atoms with E-state index in [-0.39, 0.29) is 6.04 Å². The Balaban J connectivity index is 2.29. The Morgan fingerprint density at radius 2 is 2.21 bits per heavy atom. The molecule has 4 nitrogen and oxygen atoms in total. The van der Waals surface area contributed by atoms with Gasteiger partial charge in [0.2, 0.25) is 0 Å². The fourth-order valence-corrected chi connectivity index (χ4v) is 1.26. The Morgan fingerprint density at radius 1 is 1.57 bits per heavy atom. The van der Waals surface area contributed by atoms with Crippen molar-refractivity contribution < 1.29 is 18.0 Å². The van der Waals surface area contributed by atoms with Crippen LogP contribution in [0.3, 0.4) is 0 Å². The highest BCUT2D eigenvalue weighted by Crippen LogP contribution is 2.13. The number of hydrogen-bond acceptors (Lipinski definition) is 2. The second-order valence-electron chi connectivity index (χ2n) is 3.27. The first-order chi connectivity index (χ1) is 6.38. The van der Waals surface area contributed by atoms with E-state index in [0.717, 1.165) is 0 Å². The van der Waals surface area contributed by atoms with Gasteiger partial charge in [0.1, 0.15) is 6.54 Å². The molecule has 1 atom stereocenters. The molecule has 1 heterocycles. The largest absolute Gasteiger partial charge is 0.405 e. The number of urea groups is 1. The predicted octanol–water partition coefficient (Wildman–Crippen LogP) is 0.291. The van der Waals surface area contributed by atoms with Crippen LogP contribution in [0, 0.1) is 0 Å². The van der Waals surface area contributed by atoms with Gasteiger partial charge >= 0.3 is 12.2 Å². The van der Waals surface area contributed by atoms with Crippen LogP contribution in [0.2, 0.25) is 0 Å². The number of nitrogens with one attached hydrogen (secondary N) is 1. The maximum atomic E-state index is 11.7. The van der Waals surface area contributed by atoms with Gasteiger partial charge in [-0.05, 0) is 6.42 Å². The molecular weight excluding hydrogens is 199 g/mol. The van der Waals surface area contributed by atoms with Crippen molar-refractivity contribution in [2.75, 3.05) is 19.6 Å². The van der Waals surface area contributed by atoms with Crippen molar-refractivity contribution >= 4 is 6.03 Å². The van der Waals surface area contributed by atoms with Crippen molar-refractivity contribution in [1.82, 2.24) is 10.2 Å². The zero-order valence-electron chi connectivity index (χ0n) is 7.47. The summed E-state index contributed by atoms with van der Waals surface area (Å²) in [5.41, 5.74) is 5.50. The molecule has 1 rings (SSSR count). The molecule has 0 bridgehead atoms. The summed E-state index contributed by atoms with van der Waals surface area (Å²) in [4.78, 5) is 12.4. The van der Waals surface area contributed by atoms with E-state index in [9.17, 15) is 18.0 Å². The summed E-state index contributed by atoms with van der Waals surface area (Å²) in [6.45, 7) is -0.549. The summed E-state index contributed by atoms with van der Waals surface area (Å²) >= 11 is 0. The molecule has 0 aromatic heterocycles. The average Bonchev–Trinajstić information content (AvgIpc) is 2.46. The highest BCUT2D eigenvalue weighted by Gasteiger charge is 2.30. The number of rotatable bonds is 1. The molecule has 0 saturated carbocycles. The van der Waals surface area contributed by atoms with Gasteiger partial charge in [0.05, 0.1) is 0 Å². The third-order valence-electron chi connectivity index (χ3n) is 1.95. The summed E-state index contributed by atoms with van der Waals surface area (Å²) in [7, 11) is 0. The minimum atomic E-state index is -4.36. The molecule has 1 aliphatic rings. The Kier molecular flexibility index (Phi) is 3.20. The van der Waals surface area contributed by atoms with Crippen LogP contribution in [0.4, 0.5) is 18.0 Å². The Labute approximate surface area is 79.2 Å². The predicted molar refractivity (Wildman–Crippen MR) is 43.6 cm³/mol. The van der Waals surface area contributed by atoms with E-state index in [1.807, 2.05) is 0 Å². The summed E-state index contributed by atoms with van der Waals surface area (Å²) in [6, 6.07) is -0.818. The van der Waals surface area contributed by atoms with Gasteiger partial charge in [0.25, 0.3) is 0 Å². The molecule has 1 saturated heterocycles. The van der Waals surface area contributed by atoms with Crippen LogP contribution in [-0.4, -0.2) is 42.8 Å². The molecule has 0 spiro atoms. The number of likely N-dealkylation sites (tertiary alicyclic amines) is 1. The molecule has 1 fully saturated rings. The second kappa shape index (κ2) is 4.04. The zero-order valence-corrected chi connectivity index (χ0v) is 7.47. The molecule has 1 unspecified atom stereocenters.